The third kappa shape index (κ3) is 55.3. The lowest BCUT2D eigenvalue weighted by molar-refractivity contribution is -0.167. The van der Waals surface area contributed by atoms with Gasteiger partial charge in [-0.2, -0.15) is 0 Å². The van der Waals surface area contributed by atoms with Gasteiger partial charge in [-0.3, -0.25) is 14.4 Å². The van der Waals surface area contributed by atoms with Crippen LogP contribution in [0.3, 0.4) is 0 Å². The monoisotopic (exact) mass is 973 g/mol. The van der Waals surface area contributed by atoms with Crippen LogP contribution >= 0.6 is 0 Å². The van der Waals surface area contributed by atoms with E-state index in [0.717, 1.165) is 103 Å². The summed E-state index contributed by atoms with van der Waals surface area (Å²) in [5.74, 6) is -0.937. The Morgan fingerprint density at radius 2 is 0.557 bits per heavy atom. The number of carbonyl (C=O) groups excluding carboxylic acids is 3. The summed E-state index contributed by atoms with van der Waals surface area (Å²) in [6.45, 7) is 6.47. The van der Waals surface area contributed by atoms with Gasteiger partial charge in [0.15, 0.2) is 6.10 Å². The molecule has 0 amide bonds. The van der Waals surface area contributed by atoms with E-state index in [0.29, 0.717) is 19.3 Å². The van der Waals surface area contributed by atoms with Gasteiger partial charge < -0.3 is 14.2 Å². The van der Waals surface area contributed by atoms with E-state index in [-0.39, 0.29) is 31.1 Å². The van der Waals surface area contributed by atoms with E-state index in [4.69, 9.17) is 14.2 Å². The van der Waals surface area contributed by atoms with Gasteiger partial charge in [0.05, 0.1) is 0 Å². The summed E-state index contributed by atoms with van der Waals surface area (Å²) in [4.78, 5) is 38.2. The van der Waals surface area contributed by atoms with Crippen LogP contribution in [0.25, 0.3) is 0 Å². The molecule has 0 aromatic rings. The molecule has 0 saturated heterocycles. The quantitative estimate of drug-likeness (QED) is 0.0262. The van der Waals surface area contributed by atoms with Crippen molar-refractivity contribution in [2.45, 2.75) is 277 Å². The molecule has 0 N–H and O–H groups in total. The molecule has 0 spiro atoms. The molecular formula is C64H108O6. The molecule has 6 heteroatoms. The Kier molecular flexibility index (Phi) is 54.9. The highest BCUT2D eigenvalue weighted by Gasteiger charge is 2.19. The number of carbonyl (C=O) groups is 3. The maximum atomic E-state index is 12.9. The maximum Gasteiger partial charge on any atom is 0.306 e. The molecular weight excluding hydrogens is 865 g/mol. The van der Waals surface area contributed by atoms with Crippen LogP contribution in [0, 0.1) is 0 Å². The van der Waals surface area contributed by atoms with E-state index < -0.39 is 6.10 Å². The number of rotatable bonds is 52. The predicted octanol–water partition coefficient (Wildman–Crippen LogP) is 19.7. The Morgan fingerprint density at radius 1 is 0.300 bits per heavy atom. The summed E-state index contributed by atoms with van der Waals surface area (Å²) in [6, 6.07) is 0. The van der Waals surface area contributed by atoms with E-state index in [9.17, 15) is 14.4 Å². The third-order valence-corrected chi connectivity index (χ3v) is 12.3. The van der Waals surface area contributed by atoms with Crippen LogP contribution in [-0.2, 0) is 28.6 Å². The average Bonchev–Trinajstić information content (AvgIpc) is 3.36. The van der Waals surface area contributed by atoms with Crippen LogP contribution < -0.4 is 0 Å². The number of unbranched alkanes of at least 4 members (excludes halogenated alkanes) is 25. The summed E-state index contributed by atoms with van der Waals surface area (Å²) in [5, 5.41) is 0. The zero-order valence-corrected chi connectivity index (χ0v) is 45.8. The molecule has 1 atom stereocenters. The zero-order chi connectivity index (χ0) is 50.7. The first-order chi connectivity index (χ1) is 34.5. The highest BCUT2D eigenvalue weighted by Crippen LogP contribution is 2.15. The van der Waals surface area contributed by atoms with Gasteiger partial charge in [-0.05, 0) is 103 Å². The van der Waals surface area contributed by atoms with Gasteiger partial charge in [-0.25, -0.2) is 0 Å². The van der Waals surface area contributed by atoms with Gasteiger partial charge in [0.25, 0.3) is 0 Å². The fourth-order valence-electron chi connectivity index (χ4n) is 7.95. The molecule has 6 nitrogen and oxygen atoms in total. The van der Waals surface area contributed by atoms with Gasteiger partial charge in [-0.1, -0.05) is 246 Å². The highest BCUT2D eigenvalue weighted by atomic mass is 16.6. The van der Waals surface area contributed by atoms with Crippen LogP contribution in [-0.4, -0.2) is 37.2 Å². The first-order valence-electron chi connectivity index (χ1n) is 29.2. The number of ether oxygens (including phenoxy) is 3. The molecule has 0 saturated carbocycles. The fourth-order valence-corrected chi connectivity index (χ4v) is 7.95. The van der Waals surface area contributed by atoms with E-state index in [1.54, 1.807) is 0 Å². The van der Waals surface area contributed by atoms with Crippen LogP contribution in [0.2, 0.25) is 0 Å². The van der Waals surface area contributed by atoms with Gasteiger partial charge in [0.1, 0.15) is 13.2 Å². The molecule has 0 aromatic heterocycles. The summed E-state index contributed by atoms with van der Waals surface area (Å²) < 4.78 is 16.8. The largest absolute Gasteiger partial charge is 0.462 e. The van der Waals surface area contributed by atoms with Crippen molar-refractivity contribution < 1.29 is 28.6 Å². The van der Waals surface area contributed by atoms with Crippen molar-refractivity contribution in [3.63, 3.8) is 0 Å². The Balaban J connectivity index is 4.44. The molecule has 0 aliphatic rings. The van der Waals surface area contributed by atoms with Crippen molar-refractivity contribution in [1.29, 1.82) is 0 Å². The first kappa shape index (κ1) is 66.3. The molecule has 0 aliphatic carbocycles. The van der Waals surface area contributed by atoms with Crippen molar-refractivity contribution in [1.82, 2.24) is 0 Å². The van der Waals surface area contributed by atoms with E-state index in [2.05, 4.69) is 118 Å². The lowest BCUT2D eigenvalue weighted by Crippen LogP contribution is -2.30. The summed E-state index contributed by atoms with van der Waals surface area (Å²) in [5.41, 5.74) is 0. The topological polar surface area (TPSA) is 78.9 Å². The Hall–Kier alpha value is -3.67. The smallest absolute Gasteiger partial charge is 0.306 e. The standard InChI is InChI=1S/C64H108O6/c1-4-7-10-13-16-19-22-25-27-29-31-32-34-35-37-39-42-45-48-51-54-57-63(66)69-60-61(59-68-62(65)56-53-50-47-44-41-24-21-18-15-12-9-6-3)70-64(67)58-55-52-49-46-43-40-38-36-33-30-28-26-23-20-17-14-11-8-5-2/h7,10,16-17,19-20,25-28,31-32,35,37,42,45,61H,4-6,8-9,11-15,18,21-24,29-30,33-34,36,38-41,43-44,46-60H2,1-3H3/b10-7-,19-16-,20-17-,27-25-,28-26-,32-31-,37-35-,45-42-. The molecule has 0 aromatic carbocycles. The minimum absolute atomic E-state index is 0.0916. The van der Waals surface area contributed by atoms with E-state index in [1.807, 2.05) is 0 Å². The molecule has 1 unspecified atom stereocenters. The molecule has 70 heavy (non-hydrogen) atoms. The molecule has 0 bridgehead atoms. The SMILES string of the molecule is CC/C=C\C/C=C\C/C=C\C/C=C\C/C=C\C/C=C\CCCCC(=O)OCC(COC(=O)CCCCCCCCCCCCCC)OC(=O)CCCCCCCCCCC/C=C\C/C=C\CCCCC. The third-order valence-electron chi connectivity index (χ3n) is 12.3. The van der Waals surface area contributed by atoms with Crippen molar-refractivity contribution in [2.24, 2.45) is 0 Å². The second-order valence-corrected chi connectivity index (χ2v) is 19.2. The number of esters is 3. The van der Waals surface area contributed by atoms with Crippen molar-refractivity contribution in [2.75, 3.05) is 13.2 Å². The molecule has 0 heterocycles. The summed E-state index contributed by atoms with van der Waals surface area (Å²) >= 11 is 0. The number of hydrogen-bond donors (Lipinski definition) is 0. The molecule has 0 fully saturated rings. The van der Waals surface area contributed by atoms with E-state index in [1.165, 1.54) is 128 Å². The van der Waals surface area contributed by atoms with Gasteiger partial charge in [-0.15, -0.1) is 0 Å². The number of hydrogen-bond acceptors (Lipinski definition) is 6. The second kappa shape index (κ2) is 57.9. The average molecular weight is 974 g/mol. The molecule has 400 valence electrons. The fraction of sp³-hybridized carbons (Fsp3) is 0.703. The van der Waals surface area contributed by atoms with Gasteiger partial charge in [0.2, 0.25) is 0 Å². The number of allylic oxidation sites excluding steroid dienone is 16. The minimum Gasteiger partial charge on any atom is -0.462 e. The van der Waals surface area contributed by atoms with Crippen LogP contribution in [0.4, 0.5) is 0 Å². The molecule has 0 radical (unpaired) electrons. The van der Waals surface area contributed by atoms with Crippen molar-refractivity contribution >= 4 is 17.9 Å². The second-order valence-electron chi connectivity index (χ2n) is 19.2. The Morgan fingerprint density at radius 3 is 0.929 bits per heavy atom. The van der Waals surface area contributed by atoms with Crippen LogP contribution in [0.15, 0.2) is 97.2 Å². The Labute approximate surface area is 432 Å². The van der Waals surface area contributed by atoms with E-state index >= 15 is 0 Å². The predicted molar refractivity (Wildman–Crippen MR) is 302 cm³/mol. The van der Waals surface area contributed by atoms with Crippen LogP contribution in [0.5, 0.6) is 0 Å². The van der Waals surface area contributed by atoms with Gasteiger partial charge >= 0.3 is 17.9 Å². The lowest BCUT2D eigenvalue weighted by Gasteiger charge is -2.18. The Bertz CT molecular complexity index is 1400. The minimum atomic E-state index is -0.797. The summed E-state index contributed by atoms with van der Waals surface area (Å²) in [6.07, 6.45) is 76.8. The first-order valence-corrected chi connectivity index (χ1v) is 29.2. The van der Waals surface area contributed by atoms with Crippen LogP contribution in [0.1, 0.15) is 271 Å². The zero-order valence-electron chi connectivity index (χ0n) is 45.8. The highest BCUT2D eigenvalue weighted by molar-refractivity contribution is 5.71. The van der Waals surface area contributed by atoms with Crippen molar-refractivity contribution in [3.8, 4) is 0 Å². The normalized spacial score (nSPS) is 12.8. The maximum absolute atomic E-state index is 12.9. The van der Waals surface area contributed by atoms with Gasteiger partial charge in [0, 0.05) is 19.3 Å². The summed E-state index contributed by atoms with van der Waals surface area (Å²) in [7, 11) is 0. The lowest BCUT2D eigenvalue weighted by atomic mass is 10.0. The molecule has 0 aliphatic heterocycles. The molecule has 0 rings (SSSR count). The van der Waals surface area contributed by atoms with Crippen molar-refractivity contribution in [3.05, 3.63) is 97.2 Å².